The number of unbranched alkanes of at least 4 members (excludes halogenated alkanes) is 6. The molecule has 0 spiro atoms. The van der Waals surface area contributed by atoms with Gasteiger partial charge in [-0.15, -0.1) is 0 Å². The summed E-state index contributed by atoms with van der Waals surface area (Å²) in [5.74, 6) is 0. The van der Waals surface area contributed by atoms with Gasteiger partial charge in [0.05, 0.1) is 4.90 Å². The average Bonchev–Trinajstić information content (AvgIpc) is 2.43. The first-order chi connectivity index (χ1) is 9.17. The van der Waals surface area contributed by atoms with E-state index in [0.29, 0.717) is 4.90 Å². The van der Waals surface area contributed by atoms with E-state index in [9.17, 15) is 8.42 Å². The van der Waals surface area contributed by atoms with Gasteiger partial charge in [-0.1, -0.05) is 63.3 Å². The second kappa shape index (κ2) is 8.92. The van der Waals surface area contributed by atoms with Gasteiger partial charge in [0.2, 0.25) is 0 Å². The highest BCUT2D eigenvalue weighted by Crippen LogP contribution is 2.12. The molecule has 3 heteroatoms. The summed E-state index contributed by atoms with van der Waals surface area (Å²) in [6, 6.07) is 8.57. The molecule has 0 amide bonds. The topological polar surface area (TPSA) is 34.1 Å². The van der Waals surface area contributed by atoms with E-state index in [2.05, 4.69) is 6.92 Å². The van der Waals surface area contributed by atoms with Gasteiger partial charge in [0.15, 0.2) is 9.84 Å². The lowest BCUT2D eigenvalue weighted by atomic mass is 10.1. The summed E-state index contributed by atoms with van der Waals surface area (Å²) in [7, 11) is -3.24. The fourth-order valence-corrected chi connectivity index (χ4v) is 3.01. The molecule has 0 bridgehead atoms. The van der Waals surface area contributed by atoms with E-state index in [1.807, 2.05) is 6.07 Å². The Hall–Kier alpha value is -1.09. The molecule has 0 unspecified atom stereocenters. The number of allylic oxidation sites excluding steroid dienone is 1. The summed E-state index contributed by atoms with van der Waals surface area (Å²) in [5.41, 5.74) is 0. The largest absolute Gasteiger partial charge is 0.219 e. The maximum atomic E-state index is 11.9. The van der Waals surface area contributed by atoms with Gasteiger partial charge in [-0.05, 0) is 25.0 Å². The van der Waals surface area contributed by atoms with E-state index < -0.39 is 9.84 Å². The summed E-state index contributed by atoms with van der Waals surface area (Å²) in [6.45, 7) is 2.21. The second-order valence-electron chi connectivity index (χ2n) is 4.79. The molecule has 1 aromatic carbocycles. The molecule has 0 fully saturated rings. The van der Waals surface area contributed by atoms with Crippen LogP contribution in [-0.2, 0) is 9.84 Å². The molecule has 106 valence electrons. The lowest BCUT2D eigenvalue weighted by molar-refractivity contribution is 0.603. The third-order valence-corrected chi connectivity index (χ3v) is 4.55. The molecular formula is C16H24O2S. The molecule has 0 aliphatic rings. The Labute approximate surface area is 117 Å². The van der Waals surface area contributed by atoms with Gasteiger partial charge in [0.25, 0.3) is 0 Å². The van der Waals surface area contributed by atoms with Crippen LogP contribution in [0.15, 0.2) is 46.7 Å². The molecular weight excluding hydrogens is 256 g/mol. The van der Waals surface area contributed by atoms with Crippen molar-refractivity contribution < 1.29 is 8.42 Å². The van der Waals surface area contributed by atoms with Gasteiger partial charge in [-0.25, -0.2) is 8.42 Å². The van der Waals surface area contributed by atoms with Gasteiger partial charge in [-0.3, -0.25) is 0 Å². The Morgan fingerprint density at radius 2 is 1.58 bits per heavy atom. The predicted octanol–water partition coefficient (Wildman–Crippen LogP) is 4.72. The Kier molecular flexibility index (Phi) is 7.49. The van der Waals surface area contributed by atoms with Crippen LogP contribution in [0.25, 0.3) is 0 Å². The first kappa shape index (κ1) is 16.0. The quantitative estimate of drug-likeness (QED) is 0.613. The normalized spacial score (nSPS) is 12.1. The first-order valence-corrected chi connectivity index (χ1v) is 8.68. The van der Waals surface area contributed by atoms with Gasteiger partial charge in [0.1, 0.15) is 0 Å². The number of hydrogen-bond acceptors (Lipinski definition) is 2. The van der Waals surface area contributed by atoms with Gasteiger partial charge < -0.3 is 0 Å². The van der Waals surface area contributed by atoms with Crippen LogP contribution >= 0.6 is 0 Å². The minimum absolute atomic E-state index is 0.370. The fraction of sp³-hybridized carbons (Fsp3) is 0.500. The monoisotopic (exact) mass is 280 g/mol. The minimum atomic E-state index is -3.24. The zero-order valence-electron chi connectivity index (χ0n) is 11.7. The third-order valence-electron chi connectivity index (χ3n) is 3.07. The van der Waals surface area contributed by atoms with Gasteiger partial charge in [-0.2, -0.15) is 0 Å². The summed E-state index contributed by atoms with van der Waals surface area (Å²) >= 11 is 0. The summed E-state index contributed by atoms with van der Waals surface area (Å²) in [5, 5.41) is 1.34. The van der Waals surface area contributed by atoms with Crippen molar-refractivity contribution in [1.29, 1.82) is 0 Å². The standard InChI is InChI=1S/C16H24O2S/c1-2-3-4-5-6-7-8-12-15-19(17,18)16-13-10-9-11-14-16/h9-15H,2-8H2,1H3/b15-12+. The van der Waals surface area contributed by atoms with Gasteiger partial charge in [0, 0.05) is 5.41 Å². The summed E-state index contributed by atoms with van der Waals surface area (Å²) in [6.07, 6.45) is 10.0. The van der Waals surface area contributed by atoms with E-state index in [1.54, 1.807) is 30.3 Å². The maximum absolute atomic E-state index is 11.9. The average molecular weight is 280 g/mol. The van der Waals surface area contributed by atoms with Crippen molar-refractivity contribution in [1.82, 2.24) is 0 Å². The molecule has 0 N–H and O–H groups in total. The lowest BCUT2D eigenvalue weighted by Gasteiger charge is -1.99. The molecule has 0 atom stereocenters. The number of benzene rings is 1. The smallest absolute Gasteiger partial charge is 0.199 e. The van der Waals surface area contributed by atoms with Crippen LogP contribution in [0.1, 0.15) is 51.9 Å². The van der Waals surface area contributed by atoms with Crippen molar-refractivity contribution in [3.63, 3.8) is 0 Å². The zero-order valence-corrected chi connectivity index (χ0v) is 12.5. The molecule has 0 aromatic heterocycles. The van der Waals surface area contributed by atoms with E-state index >= 15 is 0 Å². The van der Waals surface area contributed by atoms with Crippen LogP contribution in [0.3, 0.4) is 0 Å². The highest BCUT2D eigenvalue weighted by molar-refractivity contribution is 7.94. The summed E-state index contributed by atoms with van der Waals surface area (Å²) in [4.78, 5) is 0.370. The lowest BCUT2D eigenvalue weighted by Crippen LogP contribution is -1.95. The number of sulfone groups is 1. The van der Waals surface area contributed by atoms with Crippen LogP contribution in [0, 0.1) is 0 Å². The predicted molar refractivity (Wildman–Crippen MR) is 80.8 cm³/mol. The Morgan fingerprint density at radius 1 is 0.947 bits per heavy atom. The van der Waals surface area contributed by atoms with Crippen LogP contribution in [0.5, 0.6) is 0 Å². The van der Waals surface area contributed by atoms with E-state index in [1.165, 1.54) is 37.5 Å². The maximum Gasteiger partial charge on any atom is 0.199 e. The molecule has 0 saturated carbocycles. The van der Waals surface area contributed by atoms with Crippen molar-refractivity contribution in [3.05, 3.63) is 41.8 Å². The van der Waals surface area contributed by atoms with Crippen LogP contribution in [-0.4, -0.2) is 8.42 Å². The molecule has 0 radical (unpaired) electrons. The second-order valence-corrected chi connectivity index (χ2v) is 6.62. The van der Waals surface area contributed by atoms with Crippen LogP contribution < -0.4 is 0 Å². The molecule has 19 heavy (non-hydrogen) atoms. The fourth-order valence-electron chi connectivity index (χ4n) is 1.93. The Bertz CT molecular complexity index is 461. The minimum Gasteiger partial charge on any atom is -0.219 e. The van der Waals surface area contributed by atoms with Crippen molar-refractivity contribution in [2.24, 2.45) is 0 Å². The number of rotatable bonds is 9. The van der Waals surface area contributed by atoms with Crippen molar-refractivity contribution in [2.45, 2.75) is 56.8 Å². The number of hydrogen-bond donors (Lipinski definition) is 0. The van der Waals surface area contributed by atoms with Crippen molar-refractivity contribution in [2.75, 3.05) is 0 Å². The first-order valence-electron chi connectivity index (χ1n) is 7.13. The molecule has 0 aliphatic heterocycles. The molecule has 0 heterocycles. The Morgan fingerprint density at radius 3 is 2.26 bits per heavy atom. The van der Waals surface area contributed by atoms with E-state index in [0.717, 1.165) is 12.8 Å². The third kappa shape index (κ3) is 6.58. The molecule has 0 saturated heterocycles. The molecule has 2 nitrogen and oxygen atoms in total. The highest BCUT2D eigenvalue weighted by atomic mass is 32.2. The Balaban J connectivity index is 2.29. The van der Waals surface area contributed by atoms with Crippen molar-refractivity contribution >= 4 is 9.84 Å². The SMILES string of the molecule is CCCCCCCC/C=C/S(=O)(=O)c1ccccc1. The van der Waals surface area contributed by atoms with Crippen LogP contribution in [0.4, 0.5) is 0 Å². The molecule has 1 aromatic rings. The molecule has 0 aliphatic carbocycles. The molecule has 1 rings (SSSR count). The zero-order chi connectivity index (χ0) is 14.0. The van der Waals surface area contributed by atoms with Crippen molar-refractivity contribution in [3.8, 4) is 0 Å². The van der Waals surface area contributed by atoms with E-state index in [4.69, 9.17) is 0 Å². The summed E-state index contributed by atoms with van der Waals surface area (Å²) < 4.78 is 23.8. The van der Waals surface area contributed by atoms with Crippen LogP contribution in [0.2, 0.25) is 0 Å². The highest BCUT2D eigenvalue weighted by Gasteiger charge is 2.07. The van der Waals surface area contributed by atoms with Gasteiger partial charge >= 0.3 is 0 Å². The van der Waals surface area contributed by atoms with E-state index in [-0.39, 0.29) is 0 Å².